The summed E-state index contributed by atoms with van der Waals surface area (Å²) in [5, 5.41) is 12.9. The van der Waals surface area contributed by atoms with Crippen LogP contribution in [-0.2, 0) is 0 Å². The Kier molecular flexibility index (Phi) is 6.56. The van der Waals surface area contributed by atoms with Crippen LogP contribution in [0.4, 0.5) is 0 Å². The van der Waals surface area contributed by atoms with Crippen LogP contribution in [-0.4, -0.2) is 18.3 Å². The molecule has 0 fully saturated rings. The maximum Gasteiger partial charge on any atom is 0.103 e. The summed E-state index contributed by atoms with van der Waals surface area (Å²) >= 11 is 7.74. The number of nitrogens with one attached hydrogen (secondary N) is 1. The van der Waals surface area contributed by atoms with Crippen LogP contribution in [0, 0.1) is 11.3 Å². The van der Waals surface area contributed by atoms with Gasteiger partial charge in [0.25, 0.3) is 0 Å². The lowest BCUT2D eigenvalue weighted by Crippen LogP contribution is -2.37. The molecule has 0 aliphatic heterocycles. The molecule has 98 valence electrons. The highest BCUT2D eigenvalue weighted by atomic mass is 35.5. The van der Waals surface area contributed by atoms with Crippen LogP contribution < -0.4 is 5.32 Å². The van der Waals surface area contributed by atoms with Gasteiger partial charge in [-0.3, -0.25) is 0 Å². The van der Waals surface area contributed by atoms with Gasteiger partial charge < -0.3 is 5.32 Å². The maximum atomic E-state index is 9.02. The van der Waals surface area contributed by atoms with Crippen LogP contribution in [0.2, 0.25) is 5.02 Å². The highest BCUT2D eigenvalue weighted by molar-refractivity contribution is 7.99. The third-order valence-corrected chi connectivity index (χ3v) is 4.25. The molecule has 18 heavy (non-hydrogen) atoms. The van der Waals surface area contributed by atoms with E-state index >= 15 is 0 Å². The van der Waals surface area contributed by atoms with Crippen molar-refractivity contribution in [3.8, 4) is 6.07 Å². The lowest BCUT2D eigenvalue weighted by atomic mass is 9.97. The van der Waals surface area contributed by atoms with Gasteiger partial charge in [-0.2, -0.15) is 5.26 Å². The van der Waals surface area contributed by atoms with E-state index < -0.39 is 0 Å². The quantitative estimate of drug-likeness (QED) is 0.604. The molecule has 0 saturated carbocycles. The molecule has 0 spiro atoms. The van der Waals surface area contributed by atoms with Gasteiger partial charge >= 0.3 is 0 Å². The average molecular weight is 283 g/mol. The second-order valence-electron chi connectivity index (χ2n) is 4.46. The summed E-state index contributed by atoms with van der Waals surface area (Å²) in [6.07, 6.45) is 3.05. The fourth-order valence-electron chi connectivity index (χ4n) is 1.56. The predicted molar refractivity (Wildman–Crippen MR) is 79.1 cm³/mol. The molecule has 0 aliphatic rings. The summed E-state index contributed by atoms with van der Waals surface area (Å²) in [6, 6.07) is 10.2. The fourth-order valence-corrected chi connectivity index (χ4v) is 2.79. The van der Waals surface area contributed by atoms with E-state index in [2.05, 4.69) is 17.5 Å². The number of benzene rings is 1. The van der Waals surface area contributed by atoms with E-state index in [0.29, 0.717) is 0 Å². The third-order valence-electron chi connectivity index (χ3n) is 2.93. The van der Waals surface area contributed by atoms with Crippen LogP contribution in [0.3, 0.4) is 0 Å². The first-order valence-corrected chi connectivity index (χ1v) is 7.44. The molecule has 1 unspecified atom stereocenters. The molecule has 1 N–H and O–H groups in total. The Bertz CT molecular complexity index is 417. The zero-order valence-electron chi connectivity index (χ0n) is 10.9. The Hall–Kier alpha value is -0.690. The molecular formula is C14H19ClN2S. The Morgan fingerprint density at radius 2 is 2.22 bits per heavy atom. The first kappa shape index (κ1) is 15.4. The van der Waals surface area contributed by atoms with Crippen LogP contribution >= 0.6 is 23.4 Å². The van der Waals surface area contributed by atoms with Crippen molar-refractivity contribution in [1.29, 1.82) is 5.26 Å². The minimum absolute atomic E-state index is 0.388. The van der Waals surface area contributed by atoms with Gasteiger partial charge in [0.05, 0.1) is 6.07 Å². The van der Waals surface area contributed by atoms with E-state index in [0.717, 1.165) is 30.0 Å². The smallest absolute Gasteiger partial charge is 0.103 e. The fraction of sp³-hybridized carbons (Fsp3) is 0.500. The van der Waals surface area contributed by atoms with E-state index in [9.17, 15) is 0 Å². The van der Waals surface area contributed by atoms with E-state index in [1.54, 1.807) is 0 Å². The van der Waals surface area contributed by atoms with Gasteiger partial charge in [-0.1, -0.05) is 17.7 Å². The standard InChI is InChI=1S/C14H19ClN2S/c1-14(11-16,17-2)8-3-4-9-18-13-7-5-6-12(15)10-13/h5-7,10,17H,3-4,8-9H2,1-2H3. The summed E-state index contributed by atoms with van der Waals surface area (Å²) in [5.74, 6) is 1.06. The molecular weight excluding hydrogens is 264 g/mol. The minimum Gasteiger partial charge on any atom is -0.303 e. The molecule has 1 aromatic rings. The van der Waals surface area contributed by atoms with Gasteiger partial charge in [0.2, 0.25) is 0 Å². The van der Waals surface area contributed by atoms with Crippen molar-refractivity contribution in [2.75, 3.05) is 12.8 Å². The number of unbranched alkanes of at least 4 members (excludes halogenated alkanes) is 1. The Morgan fingerprint density at radius 3 is 2.83 bits per heavy atom. The average Bonchev–Trinajstić information content (AvgIpc) is 2.38. The minimum atomic E-state index is -0.388. The molecule has 1 aromatic carbocycles. The molecule has 2 nitrogen and oxygen atoms in total. The molecule has 0 aromatic heterocycles. The van der Waals surface area contributed by atoms with Crippen LogP contribution in [0.15, 0.2) is 29.2 Å². The first-order chi connectivity index (χ1) is 8.59. The molecule has 0 amide bonds. The molecule has 0 bridgehead atoms. The predicted octanol–water partition coefficient (Wildman–Crippen LogP) is 4.10. The number of thioether (sulfide) groups is 1. The number of halogens is 1. The van der Waals surface area contributed by atoms with Crippen molar-refractivity contribution >= 4 is 23.4 Å². The zero-order chi connectivity index (χ0) is 13.4. The highest BCUT2D eigenvalue weighted by Gasteiger charge is 2.19. The van der Waals surface area contributed by atoms with E-state index in [-0.39, 0.29) is 5.54 Å². The molecule has 1 rings (SSSR count). The largest absolute Gasteiger partial charge is 0.303 e. The number of nitriles is 1. The second kappa shape index (κ2) is 7.68. The summed E-state index contributed by atoms with van der Waals surface area (Å²) in [4.78, 5) is 1.21. The number of rotatable bonds is 7. The Morgan fingerprint density at radius 1 is 1.44 bits per heavy atom. The van der Waals surface area contributed by atoms with Gasteiger partial charge in [-0.25, -0.2) is 0 Å². The van der Waals surface area contributed by atoms with Crippen molar-refractivity contribution < 1.29 is 0 Å². The normalized spacial score (nSPS) is 13.9. The molecule has 0 radical (unpaired) electrons. The molecule has 4 heteroatoms. The van der Waals surface area contributed by atoms with Crippen molar-refractivity contribution in [2.24, 2.45) is 0 Å². The SMILES string of the molecule is CNC(C)(C#N)CCCCSc1cccc(Cl)c1. The summed E-state index contributed by atoms with van der Waals surface area (Å²) in [6.45, 7) is 1.94. The molecule has 0 saturated heterocycles. The van der Waals surface area contributed by atoms with Gasteiger partial charge in [0, 0.05) is 9.92 Å². The molecule has 0 aliphatic carbocycles. The van der Waals surface area contributed by atoms with Crippen LogP contribution in [0.25, 0.3) is 0 Å². The zero-order valence-corrected chi connectivity index (χ0v) is 12.4. The number of hydrogen-bond acceptors (Lipinski definition) is 3. The summed E-state index contributed by atoms with van der Waals surface area (Å²) < 4.78 is 0. The summed E-state index contributed by atoms with van der Waals surface area (Å²) in [5.41, 5.74) is -0.388. The monoisotopic (exact) mass is 282 g/mol. The Balaban J connectivity index is 2.22. The van der Waals surface area contributed by atoms with Crippen molar-refractivity contribution in [3.05, 3.63) is 29.3 Å². The number of hydrogen-bond donors (Lipinski definition) is 1. The van der Waals surface area contributed by atoms with Gasteiger partial charge in [0.1, 0.15) is 5.54 Å². The third kappa shape index (κ3) is 5.30. The van der Waals surface area contributed by atoms with Gasteiger partial charge in [-0.05, 0) is 57.2 Å². The lowest BCUT2D eigenvalue weighted by Gasteiger charge is -2.20. The highest BCUT2D eigenvalue weighted by Crippen LogP contribution is 2.23. The van der Waals surface area contributed by atoms with Crippen LogP contribution in [0.5, 0.6) is 0 Å². The second-order valence-corrected chi connectivity index (χ2v) is 6.06. The van der Waals surface area contributed by atoms with Crippen molar-refractivity contribution in [2.45, 2.75) is 36.6 Å². The lowest BCUT2D eigenvalue weighted by molar-refractivity contribution is 0.439. The van der Waals surface area contributed by atoms with E-state index in [1.165, 1.54) is 4.90 Å². The Labute approximate surface area is 119 Å². The topological polar surface area (TPSA) is 35.8 Å². The van der Waals surface area contributed by atoms with Crippen molar-refractivity contribution in [3.63, 3.8) is 0 Å². The summed E-state index contributed by atoms with van der Waals surface area (Å²) in [7, 11) is 1.84. The first-order valence-electron chi connectivity index (χ1n) is 6.08. The molecule has 0 heterocycles. The number of nitrogens with zero attached hydrogens (tertiary/aromatic N) is 1. The maximum absolute atomic E-state index is 9.02. The van der Waals surface area contributed by atoms with Gasteiger partial charge in [-0.15, -0.1) is 11.8 Å². The van der Waals surface area contributed by atoms with Crippen LogP contribution in [0.1, 0.15) is 26.2 Å². The van der Waals surface area contributed by atoms with E-state index in [4.69, 9.17) is 16.9 Å². The van der Waals surface area contributed by atoms with Gasteiger partial charge in [0.15, 0.2) is 0 Å². The van der Waals surface area contributed by atoms with E-state index in [1.807, 2.05) is 43.9 Å². The van der Waals surface area contributed by atoms with Crippen molar-refractivity contribution in [1.82, 2.24) is 5.32 Å². The molecule has 1 atom stereocenters.